The fourth-order valence-electron chi connectivity index (χ4n) is 0.651. The van der Waals surface area contributed by atoms with Crippen LogP contribution in [0, 0.1) is 11.8 Å². The van der Waals surface area contributed by atoms with Crippen molar-refractivity contribution in [2.75, 3.05) is 0 Å². The molecule has 0 radical (unpaired) electrons. The zero-order valence-corrected chi connectivity index (χ0v) is 4.28. The van der Waals surface area contributed by atoms with E-state index in [9.17, 15) is 0 Å². The summed E-state index contributed by atoms with van der Waals surface area (Å²) in [5.41, 5.74) is 5.53. The SMILES string of the molecule is NC1CC#CCC1. The molecule has 0 spiro atoms. The van der Waals surface area contributed by atoms with E-state index in [4.69, 9.17) is 5.73 Å². The van der Waals surface area contributed by atoms with Crippen molar-refractivity contribution in [3.63, 3.8) is 0 Å². The van der Waals surface area contributed by atoms with E-state index < -0.39 is 0 Å². The van der Waals surface area contributed by atoms with Gasteiger partial charge in [-0.1, -0.05) is 0 Å². The highest BCUT2D eigenvalue weighted by molar-refractivity contribution is 5.05. The Morgan fingerprint density at radius 1 is 1.43 bits per heavy atom. The highest BCUT2D eigenvalue weighted by Crippen LogP contribution is 2.00. The maximum absolute atomic E-state index is 5.53. The number of rotatable bonds is 0. The molecule has 0 saturated heterocycles. The van der Waals surface area contributed by atoms with Crippen LogP contribution in [0.3, 0.4) is 0 Å². The van der Waals surface area contributed by atoms with Crippen molar-refractivity contribution in [3.05, 3.63) is 0 Å². The molecule has 2 N–H and O–H groups in total. The molecule has 7 heavy (non-hydrogen) atoms. The molecule has 38 valence electrons. The van der Waals surface area contributed by atoms with Crippen LogP contribution < -0.4 is 5.73 Å². The van der Waals surface area contributed by atoms with E-state index in [1.54, 1.807) is 0 Å². The van der Waals surface area contributed by atoms with Crippen molar-refractivity contribution >= 4 is 0 Å². The van der Waals surface area contributed by atoms with Crippen molar-refractivity contribution in [1.29, 1.82) is 0 Å². The van der Waals surface area contributed by atoms with Gasteiger partial charge in [0.1, 0.15) is 0 Å². The third-order valence-electron chi connectivity index (χ3n) is 1.13. The van der Waals surface area contributed by atoms with Crippen LogP contribution in [0.2, 0.25) is 0 Å². The van der Waals surface area contributed by atoms with E-state index in [1.807, 2.05) is 0 Å². The van der Waals surface area contributed by atoms with Crippen LogP contribution in [0.4, 0.5) is 0 Å². The van der Waals surface area contributed by atoms with Gasteiger partial charge in [0.2, 0.25) is 0 Å². The summed E-state index contributed by atoms with van der Waals surface area (Å²) in [5.74, 6) is 5.94. The Kier molecular flexibility index (Phi) is 1.33. The second kappa shape index (κ2) is 1.99. The summed E-state index contributed by atoms with van der Waals surface area (Å²) in [6.45, 7) is 0. The van der Waals surface area contributed by atoms with Crippen molar-refractivity contribution in [1.82, 2.24) is 0 Å². The molecule has 0 aromatic carbocycles. The van der Waals surface area contributed by atoms with Crippen LogP contribution in [0.25, 0.3) is 0 Å². The summed E-state index contributed by atoms with van der Waals surface area (Å²) >= 11 is 0. The third-order valence-corrected chi connectivity index (χ3v) is 1.13. The second-order valence-corrected chi connectivity index (χ2v) is 1.86. The smallest absolute Gasteiger partial charge is 0.0241 e. The van der Waals surface area contributed by atoms with E-state index >= 15 is 0 Å². The maximum Gasteiger partial charge on any atom is 0.0241 e. The van der Waals surface area contributed by atoms with Crippen molar-refractivity contribution in [2.45, 2.75) is 25.3 Å². The third kappa shape index (κ3) is 1.21. The number of hydrogen-bond donors (Lipinski definition) is 1. The molecule has 0 aliphatic heterocycles. The molecule has 1 atom stereocenters. The van der Waals surface area contributed by atoms with Crippen LogP contribution >= 0.6 is 0 Å². The lowest BCUT2D eigenvalue weighted by Gasteiger charge is -2.06. The first-order chi connectivity index (χ1) is 3.39. The zero-order valence-electron chi connectivity index (χ0n) is 4.28. The Morgan fingerprint density at radius 2 is 2.29 bits per heavy atom. The predicted octanol–water partition coefficient (Wildman–Crippen LogP) is 0.501. The Morgan fingerprint density at radius 3 is 2.57 bits per heavy atom. The van der Waals surface area contributed by atoms with Crippen LogP contribution in [-0.4, -0.2) is 6.04 Å². The summed E-state index contributed by atoms with van der Waals surface area (Å²) in [5, 5.41) is 0. The van der Waals surface area contributed by atoms with Crippen LogP contribution in [0.1, 0.15) is 19.3 Å². The molecule has 1 rings (SSSR count). The van der Waals surface area contributed by atoms with Crippen molar-refractivity contribution in [2.24, 2.45) is 5.73 Å². The van der Waals surface area contributed by atoms with Gasteiger partial charge in [-0.25, -0.2) is 0 Å². The minimum Gasteiger partial charge on any atom is -0.327 e. The van der Waals surface area contributed by atoms with E-state index in [1.165, 1.54) is 0 Å². The lowest BCUT2D eigenvalue weighted by atomic mass is 10.1. The normalized spacial score (nSPS) is 28.4. The summed E-state index contributed by atoms with van der Waals surface area (Å²) in [7, 11) is 0. The zero-order chi connectivity index (χ0) is 5.11. The molecule has 0 aromatic rings. The van der Waals surface area contributed by atoms with Gasteiger partial charge < -0.3 is 5.73 Å². The quantitative estimate of drug-likeness (QED) is 0.436. The van der Waals surface area contributed by atoms with Gasteiger partial charge in [0.05, 0.1) is 0 Å². The van der Waals surface area contributed by atoms with E-state index in [2.05, 4.69) is 11.8 Å². The van der Waals surface area contributed by atoms with Gasteiger partial charge in [-0.05, 0) is 6.42 Å². The Bertz CT molecular complexity index is 107. The van der Waals surface area contributed by atoms with E-state index in [-0.39, 0.29) is 0 Å². The topological polar surface area (TPSA) is 26.0 Å². The van der Waals surface area contributed by atoms with Crippen LogP contribution in [0.5, 0.6) is 0 Å². The monoisotopic (exact) mass is 95.1 g/mol. The lowest BCUT2D eigenvalue weighted by Crippen LogP contribution is -2.20. The van der Waals surface area contributed by atoms with Crippen LogP contribution in [0.15, 0.2) is 0 Å². The maximum atomic E-state index is 5.53. The molecule has 1 nitrogen and oxygen atoms in total. The number of hydrogen-bond acceptors (Lipinski definition) is 1. The molecular weight excluding hydrogens is 86.1 g/mol. The molecule has 1 aliphatic rings. The van der Waals surface area contributed by atoms with Gasteiger partial charge in [0.15, 0.2) is 0 Å². The van der Waals surface area contributed by atoms with Crippen molar-refractivity contribution in [3.8, 4) is 11.8 Å². The lowest BCUT2D eigenvalue weighted by molar-refractivity contribution is 0.629. The second-order valence-electron chi connectivity index (χ2n) is 1.86. The summed E-state index contributed by atoms with van der Waals surface area (Å²) in [6, 6.07) is 0.362. The standard InChI is InChI=1S/C6H9N/c7-6-4-2-1-3-5-6/h6H,2,4-5,7H2. The highest BCUT2D eigenvalue weighted by atomic mass is 14.6. The largest absolute Gasteiger partial charge is 0.327 e. The molecule has 1 aliphatic carbocycles. The molecule has 0 aromatic heterocycles. The van der Waals surface area contributed by atoms with Gasteiger partial charge in [-0.3, -0.25) is 0 Å². The van der Waals surface area contributed by atoms with Gasteiger partial charge in [0.25, 0.3) is 0 Å². The first-order valence-electron chi connectivity index (χ1n) is 2.61. The average molecular weight is 95.1 g/mol. The van der Waals surface area contributed by atoms with Gasteiger partial charge in [-0.15, -0.1) is 11.8 Å². The molecule has 0 amide bonds. The summed E-state index contributed by atoms with van der Waals surface area (Å²) in [4.78, 5) is 0. The molecular formula is C6H9N. The van der Waals surface area contributed by atoms with E-state index in [0.717, 1.165) is 19.3 Å². The Labute approximate surface area is 43.9 Å². The first kappa shape index (κ1) is 4.67. The molecule has 1 heteroatoms. The molecule has 0 heterocycles. The molecule has 1 unspecified atom stereocenters. The molecule has 0 bridgehead atoms. The minimum atomic E-state index is 0.362. The predicted molar refractivity (Wildman–Crippen MR) is 29.6 cm³/mol. The highest BCUT2D eigenvalue weighted by Gasteiger charge is 2.00. The van der Waals surface area contributed by atoms with Gasteiger partial charge in [-0.2, -0.15) is 0 Å². The Balaban J connectivity index is 2.39. The van der Waals surface area contributed by atoms with Crippen LogP contribution in [-0.2, 0) is 0 Å². The fraction of sp³-hybridized carbons (Fsp3) is 0.667. The molecule has 0 fully saturated rings. The summed E-state index contributed by atoms with van der Waals surface area (Å²) < 4.78 is 0. The summed E-state index contributed by atoms with van der Waals surface area (Å²) in [6.07, 6.45) is 2.99. The van der Waals surface area contributed by atoms with E-state index in [0.29, 0.717) is 6.04 Å². The van der Waals surface area contributed by atoms with Crippen molar-refractivity contribution < 1.29 is 0 Å². The minimum absolute atomic E-state index is 0.362. The fourth-order valence-corrected chi connectivity index (χ4v) is 0.651. The Hall–Kier alpha value is -0.480. The number of nitrogens with two attached hydrogens (primary N) is 1. The van der Waals surface area contributed by atoms with Gasteiger partial charge >= 0.3 is 0 Å². The van der Waals surface area contributed by atoms with Gasteiger partial charge in [0, 0.05) is 18.9 Å². The average Bonchev–Trinajstić information content (AvgIpc) is 1.69. The first-order valence-corrected chi connectivity index (χ1v) is 2.61. The molecule has 0 saturated carbocycles.